The first kappa shape index (κ1) is 13.3. The van der Waals surface area contributed by atoms with Crippen LogP contribution in [0.15, 0.2) is 41.0 Å². The third-order valence-corrected chi connectivity index (χ3v) is 2.95. The molecule has 0 saturated heterocycles. The number of aryl methyl sites for hydroxylation is 1. The lowest BCUT2D eigenvalue weighted by Gasteiger charge is -2.20. The number of benzene rings is 1. The zero-order valence-corrected chi connectivity index (χ0v) is 11.0. The smallest absolute Gasteiger partial charge is 0.257 e. The molecule has 0 unspecified atom stereocenters. The fourth-order valence-corrected chi connectivity index (χ4v) is 1.88. The normalized spacial score (nSPS) is 10.5. The lowest BCUT2D eigenvalue weighted by Crippen LogP contribution is -2.30. The highest BCUT2D eigenvalue weighted by atomic mass is 19.1. The summed E-state index contributed by atoms with van der Waals surface area (Å²) in [5, 5.41) is 0. The van der Waals surface area contributed by atoms with Crippen molar-refractivity contribution in [1.29, 1.82) is 0 Å². The third-order valence-electron chi connectivity index (χ3n) is 2.95. The Bertz CT molecular complexity index is 564. The minimum atomic E-state index is -0.483. The number of amides is 1. The second-order valence-electron chi connectivity index (χ2n) is 4.38. The number of carbonyl (C=O) groups is 1. The summed E-state index contributed by atoms with van der Waals surface area (Å²) >= 11 is 0. The van der Waals surface area contributed by atoms with Gasteiger partial charge in [-0.1, -0.05) is 6.07 Å². The second kappa shape index (κ2) is 5.69. The van der Waals surface area contributed by atoms with Gasteiger partial charge in [-0.3, -0.25) is 4.79 Å². The fourth-order valence-electron chi connectivity index (χ4n) is 1.88. The van der Waals surface area contributed by atoms with Crippen molar-refractivity contribution in [3.63, 3.8) is 0 Å². The zero-order chi connectivity index (χ0) is 13.8. The third kappa shape index (κ3) is 3.02. The van der Waals surface area contributed by atoms with Crippen LogP contribution in [-0.4, -0.2) is 17.4 Å². The summed E-state index contributed by atoms with van der Waals surface area (Å²) in [5.41, 5.74) is 0.891. The van der Waals surface area contributed by atoms with Gasteiger partial charge in [0.05, 0.1) is 18.4 Å². The van der Waals surface area contributed by atoms with Crippen molar-refractivity contribution in [2.24, 2.45) is 0 Å². The highest BCUT2D eigenvalue weighted by Crippen LogP contribution is 2.14. The molecule has 2 aromatic rings. The maximum absolute atomic E-state index is 13.8. The summed E-state index contributed by atoms with van der Waals surface area (Å²) in [6, 6.07) is 8.18. The molecule has 1 aromatic heterocycles. The van der Waals surface area contributed by atoms with Crippen molar-refractivity contribution < 1.29 is 13.6 Å². The van der Waals surface area contributed by atoms with Crippen molar-refractivity contribution in [3.8, 4) is 0 Å². The Morgan fingerprint density at radius 2 is 2.16 bits per heavy atom. The van der Waals surface area contributed by atoms with Crippen LogP contribution in [0.2, 0.25) is 0 Å². The Morgan fingerprint density at radius 3 is 2.74 bits per heavy atom. The Kier molecular flexibility index (Phi) is 4.00. The molecule has 0 aliphatic rings. The summed E-state index contributed by atoms with van der Waals surface area (Å²) in [4.78, 5) is 13.8. The molecule has 0 N–H and O–H groups in total. The summed E-state index contributed by atoms with van der Waals surface area (Å²) < 4.78 is 19.0. The van der Waals surface area contributed by atoms with Gasteiger partial charge in [-0.15, -0.1) is 0 Å². The summed E-state index contributed by atoms with van der Waals surface area (Å²) in [6.07, 6.45) is 1.56. The van der Waals surface area contributed by atoms with Crippen molar-refractivity contribution >= 4 is 5.91 Å². The van der Waals surface area contributed by atoms with E-state index in [0.29, 0.717) is 18.8 Å². The van der Waals surface area contributed by atoms with Crippen LogP contribution in [0.4, 0.5) is 4.39 Å². The first-order valence-electron chi connectivity index (χ1n) is 6.19. The number of hydrogen-bond donors (Lipinski definition) is 0. The van der Waals surface area contributed by atoms with Gasteiger partial charge in [0.2, 0.25) is 0 Å². The van der Waals surface area contributed by atoms with Crippen LogP contribution in [-0.2, 0) is 6.54 Å². The molecule has 3 nitrogen and oxygen atoms in total. The number of carbonyl (C=O) groups excluding carboxylic acids is 1. The Hall–Kier alpha value is -2.10. The second-order valence-corrected chi connectivity index (χ2v) is 4.38. The molecule has 100 valence electrons. The van der Waals surface area contributed by atoms with Crippen LogP contribution in [0, 0.1) is 12.7 Å². The molecule has 1 aromatic carbocycles. The monoisotopic (exact) mass is 261 g/mol. The SMILES string of the molecule is CCN(Cc1ccco1)C(=O)c1ccc(C)cc1F. The van der Waals surface area contributed by atoms with Crippen LogP contribution < -0.4 is 0 Å². The van der Waals surface area contributed by atoms with E-state index in [1.165, 1.54) is 12.1 Å². The Labute approximate surface area is 111 Å². The number of furan rings is 1. The van der Waals surface area contributed by atoms with E-state index < -0.39 is 5.82 Å². The van der Waals surface area contributed by atoms with E-state index in [0.717, 1.165) is 5.56 Å². The van der Waals surface area contributed by atoms with Crippen molar-refractivity contribution in [1.82, 2.24) is 4.90 Å². The van der Waals surface area contributed by atoms with Crippen LogP contribution >= 0.6 is 0 Å². The average molecular weight is 261 g/mol. The zero-order valence-electron chi connectivity index (χ0n) is 11.0. The molecule has 0 bridgehead atoms. The predicted molar refractivity (Wildman–Crippen MR) is 70.3 cm³/mol. The summed E-state index contributed by atoms with van der Waals surface area (Å²) in [6.45, 7) is 4.48. The standard InChI is InChI=1S/C15H16FNO2/c1-3-17(10-12-5-4-8-19-12)15(18)13-7-6-11(2)9-14(13)16/h4-9H,3,10H2,1-2H3. The highest BCUT2D eigenvalue weighted by Gasteiger charge is 2.19. The molecule has 2 rings (SSSR count). The van der Waals surface area contributed by atoms with Gasteiger partial charge in [0, 0.05) is 6.54 Å². The van der Waals surface area contributed by atoms with E-state index in [4.69, 9.17) is 4.42 Å². The molecule has 0 saturated carbocycles. The number of hydrogen-bond acceptors (Lipinski definition) is 2. The van der Waals surface area contributed by atoms with E-state index in [-0.39, 0.29) is 11.5 Å². The van der Waals surface area contributed by atoms with Gasteiger partial charge in [0.15, 0.2) is 0 Å². The van der Waals surface area contributed by atoms with Crippen LogP contribution in [0.3, 0.4) is 0 Å². The molecule has 0 spiro atoms. The van der Waals surface area contributed by atoms with Gasteiger partial charge < -0.3 is 9.32 Å². The summed E-state index contributed by atoms with van der Waals surface area (Å²) in [7, 11) is 0. The van der Waals surface area contributed by atoms with Gasteiger partial charge >= 0.3 is 0 Å². The number of nitrogens with zero attached hydrogens (tertiary/aromatic N) is 1. The van der Waals surface area contributed by atoms with E-state index >= 15 is 0 Å². The van der Waals surface area contributed by atoms with Crippen LogP contribution in [0.25, 0.3) is 0 Å². The van der Waals surface area contributed by atoms with Gasteiger partial charge in [0.1, 0.15) is 11.6 Å². The van der Waals surface area contributed by atoms with Crippen molar-refractivity contribution in [3.05, 3.63) is 59.3 Å². The van der Waals surface area contributed by atoms with Gasteiger partial charge in [-0.05, 0) is 43.7 Å². The lowest BCUT2D eigenvalue weighted by molar-refractivity contribution is 0.0736. The fraction of sp³-hybridized carbons (Fsp3) is 0.267. The maximum atomic E-state index is 13.8. The quantitative estimate of drug-likeness (QED) is 0.845. The van der Waals surface area contributed by atoms with Gasteiger partial charge in [-0.2, -0.15) is 0 Å². The summed E-state index contributed by atoms with van der Waals surface area (Å²) in [5.74, 6) is -0.123. The highest BCUT2D eigenvalue weighted by molar-refractivity contribution is 5.94. The van der Waals surface area contributed by atoms with E-state index in [1.54, 1.807) is 36.3 Å². The largest absolute Gasteiger partial charge is 0.467 e. The minimum absolute atomic E-state index is 0.0963. The molecule has 19 heavy (non-hydrogen) atoms. The Balaban J connectivity index is 2.20. The number of halogens is 1. The predicted octanol–water partition coefficient (Wildman–Crippen LogP) is 3.39. The number of rotatable bonds is 4. The molecular weight excluding hydrogens is 245 g/mol. The first-order chi connectivity index (χ1) is 9.11. The van der Waals surface area contributed by atoms with Gasteiger partial charge in [-0.25, -0.2) is 4.39 Å². The molecule has 0 radical (unpaired) electrons. The van der Waals surface area contributed by atoms with Crippen molar-refractivity contribution in [2.45, 2.75) is 20.4 Å². The van der Waals surface area contributed by atoms with E-state index in [1.807, 2.05) is 6.92 Å². The maximum Gasteiger partial charge on any atom is 0.257 e. The molecule has 4 heteroatoms. The molecule has 1 amide bonds. The molecule has 0 aliphatic heterocycles. The molecule has 0 fully saturated rings. The van der Waals surface area contributed by atoms with Crippen molar-refractivity contribution in [2.75, 3.05) is 6.54 Å². The van der Waals surface area contributed by atoms with E-state index in [9.17, 15) is 9.18 Å². The Morgan fingerprint density at radius 1 is 1.37 bits per heavy atom. The molecule has 1 heterocycles. The minimum Gasteiger partial charge on any atom is -0.467 e. The van der Waals surface area contributed by atoms with Crippen LogP contribution in [0.5, 0.6) is 0 Å². The first-order valence-corrected chi connectivity index (χ1v) is 6.19. The molecular formula is C15H16FNO2. The van der Waals surface area contributed by atoms with Gasteiger partial charge in [0.25, 0.3) is 5.91 Å². The van der Waals surface area contributed by atoms with Crippen LogP contribution in [0.1, 0.15) is 28.6 Å². The molecule has 0 atom stereocenters. The lowest BCUT2D eigenvalue weighted by atomic mass is 10.1. The van der Waals surface area contributed by atoms with E-state index in [2.05, 4.69) is 0 Å². The molecule has 0 aliphatic carbocycles. The topological polar surface area (TPSA) is 33.5 Å². The average Bonchev–Trinajstić information content (AvgIpc) is 2.88.